The lowest BCUT2D eigenvalue weighted by atomic mass is 10.1. The molecule has 2 aromatic rings. The molecular formula is C17H14ClF3N2O2. The molecule has 0 unspecified atom stereocenters. The zero-order valence-corrected chi connectivity index (χ0v) is 13.6. The molecule has 0 fully saturated rings. The van der Waals surface area contributed by atoms with Gasteiger partial charge < -0.3 is 10.6 Å². The SMILES string of the molecule is O=C(CCc1ccc(Cl)cc1)Nc1ccc(NC(=O)C(F)(F)F)cc1. The van der Waals surface area contributed by atoms with Gasteiger partial charge >= 0.3 is 12.1 Å². The van der Waals surface area contributed by atoms with Gasteiger partial charge in [-0.3, -0.25) is 9.59 Å². The third kappa shape index (κ3) is 6.11. The fraction of sp³-hybridized carbons (Fsp3) is 0.176. The first-order valence-electron chi connectivity index (χ1n) is 7.26. The van der Waals surface area contributed by atoms with Crippen LogP contribution in [0.2, 0.25) is 5.02 Å². The van der Waals surface area contributed by atoms with Crippen LogP contribution < -0.4 is 10.6 Å². The van der Waals surface area contributed by atoms with Crippen molar-refractivity contribution in [3.8, 4) is 0 Å². The van der Waals surface area contributed by atoms with E-state index < -0.39 is 12.1 Å². The number of hydrogen-bond donors (Lipinski definition) is 2. The number of benzene rings is 2. The summed E-state index contributed by atoms with van der Waals surface area (Å²) in [4.78, 5) is 22.7. The average Bonchev–Trinajstić information content (AvgIpc) is 2.55. The van der Waals surface area contributed by atoms with Gasteiger partial charge in [0.1, 0.15) is 0 Å². The normalized spacial score (nSPS) is 11.0. The maximum atomic E-state index is 12.2. The van der Waals surface area contributed by atoms with Gasteiger partial charge in [0, 0.05) is 22.8 Å². The highest BCUT2D eigenvalue weighted by atomic mass is 35.5. The Balaban J connectivity index is 1.84. The van der Waals surface area contributed by atoms with E-state index in [0.29, 0.717) is 17.1 Å². The molecule has 0 aliphatic heterocycles. The molecule has 2 aromatic carbocycles. The molecule has 0 heterocycles. The molecule has 0 saturated carbocycles. The highest BCUT2D eigenvalue weighted by Crippen LogP contribution is 2.20. The van der Waals surface area contributed by atoms with Crippen LogP contribution in [0.4, 0.5) is 24.5 Å². The molecule has 4 nitrogen and oxygen atoms in total. The van der Waals surface area contributed by atoms with Crippen LogP contribution in [-0.2, 0) is 16.0 Å². The van der Waals surface area contributed by atoms with E-state index in [1.54, 1.807) is 17.4 Å². The lowest BCUT2D eigenvalue weighted by Gasteiger charge is -2.09. The predicted molar refractivity (Wildman–Crippen MR) is 89.5 cm³/mol. The first kappa shape index (κ1) is 18.8. The Morgan fingerprint density at radius 1 is 0.880 bits per heavy atom. The number of anilines is 2. The van der Waals surface area contributed by atoms with E-state index in [0.717, 1.165) is 5.56 Å². The molecular weight excluding hydrogens is 357 g/mol. The van der Waals surface area contributed by atoms with E-state index in [4.69, 9.17) is 11.6 Å². The first-order valence-corrected chi connectivity index (χ1v) is 7.64. The van der Waals surface area contributed by atoms with Crippen molar-refractivity contribution in [3.63, 3.8) is 0 Å². The molecule has 2 rings (SSSR count). The fourth-order valence-corrected chi connectivity index (χ4v) is 2.10. The van der Waals surface area contributed by atoms with Gasteiger partial charge in [-0.25, -0.2) is 0 Å². The molecule has 0 bridgehead atoms. The molecule has 0 radical (unpaired) electrons. The van der Waals surface area contributed by atoms with Gasteiger partial charge in [0.05, 0.1) is 0 Å². The number of halogens is 4. The maximum Gasteiger partial charge on any atom is 0.471 e. The second-order valence-electron chi connectivity index (χ2n) is 5.20. The second kappa shape index (κ2) is 8.02. The number of carbonyl (C=O) groups is 2. The van der Waals surface area contributed by atoms with Gasteiger partial charge in [-0.05, 0) is 48.4 Å². The molecule has 2 N–H and O–H groups in total. The number of hydrogen-bond acceptors (Lipinski definition) is 2. The van der Waals surface area contributed by atoms with Crippen LogP contribution in [0.25, 0.3) is 0 Å². The summed E-state index contributed by atoms with van der Waals surface area (Å²) >= 11 is 5.78. The fourth-order valence-electron chi connectivity index (χ4n) is 1.97. The van der Waals surface area contributed by atoms with Crippen LogP contribution in [0.1, 0.15) is 12.0 Å². The number of rotatable bonds is 5. The number of carbonyl (C=O) groups excluding carboxylic acids is 2. The van der Waals surface area contributed by atoms with E-state index >= 15 is 0 Å². The second-order valence-corrected chi connectivity index (χ2v) is 5.64. The Hall–Kier alpha value is -2.54. The third-order valence-corrected chi connectivity index (χ3v) is 3.49. The van der Waals surface area contributed by atoms with Crippen molar-refractivity contribution in [2.24, 2.45) is 0 Å². The minimum Gasteiger partial charge on any atom is -0.326 e. The largest absolute Gasteiger partial charge is 0.471 e. The molecule has 0 atom stereocenters. The predicted octanol–water partition coefficient (Wildman–Crippen LogP) is 4.41. The Morgan fingerprint density at radius 2 is 1.40 bits per heavy atom. The van der Waals surface area contributed by atoms with Crippen LogP contribution in [0, 0.1) is 0 Å². The first-order chi connectivity index (χ1) is 11.7. The molecule has 0 aliphatic rings. The molecule has 25 heavy (non-hydrogen) atoms. The van der Waals surface area contributed by atoms with Crippen LogP contribution in [0.3, 0.4) is 0 Å². The molecule has 0 aromatic heterocycles. The van der Waals surface area contributed by atoms with Crippen LogP contribution in [-0.4, -0.2) is 18.0 Å². The van der Waals surface area contributed by atoms with Crippen LogP contribution >= 0.6 is 11.6 Å². The van der Waals surface area contributed by atoms with Crippen molar-refractivity contribution < 1.29 is 22.8 Å². The Labute approximate surface area is 147 Å². The summed E-state index contributed by atoms with van der Waals surface area (Å²) in [6.07, 6.45) is -4.18. The summed E-state index contributed by atoms with van der Waals surface area (Å²) in [6, 6.07) is 12.5. The summed E-state index contributed by atoms with van der Waals surface area (Å²) < 4.78 is 36.5. The smallest absolute Gasteiger partial charge is 0.326 e. The summed E-state index contributed by atoms with van der Waals surface area (Å²) in [5, 5.41) is 4.98. The van der Waals surface area contributed by atoms with E-state index in [1.807, 2.05) is 12.1 Å². The monoisotopic (exact) mass is 370 g/mol. The molecule has 0 aliphatic carbocycles. The van der Waals surface area contributed by atoms with Gasteiger partial charge in [-0.1, -0.05) is 23.7 Å². The maximum absolute atomic E-state index is 12.2. The quantitative estimate of drug-likeness (QED) is 0.819. The Kier molecular flexibility index (Phi) is 6.03. The van der Waals surface area contributed by atoms with Crippen molar-refractivity contribution in [2.75, 3.05) is 10.6 Å². The standard InChI is InChI=1S/C17H14ClF3N2O2/c18-12-4-1-11(2-5-12)3-10-15(24)22-13-6-8-14(9-7-13)23-16(25)17(19,20)21/h1-2,4-9H,3,10H2,(H,22,24)(H,23,25). The van der Waals surface area contributed by atoms with E-state index in [9.17, 15) is 22.8 Å². The number of aryl methyl sites for hydroxylation is 1. The van der Waals surface area contributed by atoms with Gasteiger partial charge in [0.25, 0.3) is 0 Å². The summed E-state index contributed by atoms with van der Waals surface area (Å²) in [5.41, 5.74) is 1.37. The molecule has 0 saturated heterocycles. The zero-order chi connectivity index (χ0) is 18.4. The van der Waals surface area contributed by atoms with Gasteiger partial charge in [0.2, 0.25) is 5.91 Å². The topological polar surface area (TPSA) is 58.2 Å². The van der Waals surface area contributed by atoms with Gasteiger partial charge in [-0.2, -0.15) is 13.2 Å². The molecule has 0 spiro atoms. The molecule has 8 heteroatoms. The minimum atomic E-state index is -4.95. The minimum absolute atomic E-state index is 0.0125. The van der Waals surface area contributed by atoms with E-state index in [-0.39, 0.29) is 18.0 Å². The molecule has 132 valence electrons. The van der Waals surface area contributed by atoms with Gasteiger partial charge in [-0.15, -0.1) is 0 Å². The highest BCUT2D eigenvalue weighted by Gasteiger charge is 2.38. The number of amides is 2. The van der Waals surface area contributed by atoms with E-state index in [2.05, 4.69) is 5.32 Å². The lowest BCUT2D eigenvalue weighted by Crippen LogP contribution is -2.29. The highest BCUT2D eigenvalue weighted by molar-refractivity contribution is 6.30. The summed E-state index contributed by atoms with van der Waals surface area (Å²) in [5.74, 6) is -2.28. The van der Waals surface area contributed by atoms with Crippen molar-refractivity contribution >= 4 is 34.8 Å². The lowest BCUT2D eigenvalue weighted by molar-refractivity contribution is -0.167. The van der Waals surface area contributed by atoms with Crippen molar-refractivity contribution in [3.05, 3.63) is 59.1 Å². The van der Waals surface area contributed by atoms with Crippen molar-refractivity contribution in [2.45, 2.75) is 19.0 Å². The average molecular weight is 371 g/mol. The van der Waals surface area contributed by atoms with Crippen molar-refractivity contribution in [1.29, 1.82) is 0 Å². The third-order valence-electron chi connectivity index (χ3n) is 3.24. The summed E-state index contributed by atoms with van der Waals surface area (Å²) in [7, 11) is 0. The summed E-state index contributed by atoms with van der Waals surface area (Å²) in [6.45, 7) is 0. The number of alkyl halides is 3. The molecule has 2 amide bonds. The van der Waals surface area contributed by atoms with Gasteiger partial charge in [0.15, 0.2) is 0 Å². The Morgan fingerprint density at radius 3 is 1.92 bits per heavy atom. The van der Waals surface area contributed by atoms with Crippen molar-refractivity contribution in [1.82, 2.24) is 0 Å². The van der Waals surface area contributed by atoms with Crippen LogP contribution in [0.15, 0.2) is 48.5 Å². The Bertz CT molecular complexity index is 744. The number of nitrogens with one attached hydrogen (secondary N) is 2. The van der Waals surface area contributed by atoms with E-state index in [1.165, 1.54) is 24.3 Å². The zero-order valence-electron chi connectivity index (χ0n) is 12.9. The van der Waals surface area contributed by atoms with Crippen LogP contribution in [0.5, 0.6) is 0 Å².